The number of methoxy groups -OCH3 is 1. The molecule has 2 amide bonds. The third kappa shape index (κ3) is 5.05. The van der Waals surface area contributed by atoms with Gasteiger partial charge in [0, 0.05) is 48.2 Å². The van der Waals surface area contributed by atoms with Crippen molar-refractivity contribution in [1.82, 2.24) is 9.80 Å². The third-order valence-corrected chi connectivity index (χ3v) is 5.49. The van der Waals surface area contributed by atoms with Crippen molar-refractivity contribution in [3.63, 3.8) is 0 Å². The molecule has 1 saturated heterocycles. The summed E-state index contributed by atoms with van der Waals surface area (Å²) in [6.45, 7) is 6.23. The van der Waals surface area contributed by atoms with Gasteiger partial charge in [-0.05, 0) is 24.3 Å². The second-order valence-corrected chi connectivity index (χ2v) is 7.93. The van der Waals surface area contributed by atoms with E-state index in [0.717, 1.165) is 5.56 Å². The second kappa shape index (κ2) is 9.85. The summed E-state index contributed by atoms with van der Waals surface area (Å²) in [5.74, 6) is 1.05. The lowest BCUT2D eigenvalue weighted by atomic mass is 10.1. The molecular weight excluding hydrogens is 404 g/mol. The van der Waals surface area contributed by atoms with E-state index in [1.54, 1.807) is 30.2 Å². The van der Waals surface area contributed by atoms with Crippen LogP contribution in [0.25, 0.3) is 0 Å². The van der Waals surface area contributed by atoms with Gasteiger partial charge in [-0.25, -0.2) is 0 Å². The normalized spacial score (nSPS) is 14.0. The van der Waals surface area contributed by atoms with Crippen molar-refractivity contribution >= 4 is 23.4 Å². The standard InChI is InChI=1S/C23H27ClN2O4/c1-16(2)22(27)25-10-12-26(13-11-25)23(28)17-8-9-20(21(14-17)29-3)30-15-18-6-4-5-7-19(18)24/h4-9,14,16H,10-13,15H2,1-3H3. The third-order valence-electron chi connectivity index (χ3n) is 5.12. The maximum atomic E-state index is 12.9. The molecule has 160 valence electrons. The molecule has 6 nitrogen and oxygen atoms in total. The number of carbonyl (C=O) groups is 2. The van der Waals surface area contributed by atoms with Gasteiger partial charge in [-0.15, -0.1) is 0 Å². The Balaban J connectivity index is 1.65. The summed E-state index contributed by atoms with van der Waals surface area (Å²) < 4.78 is 11.3. The van der Waals surface area contributed by atoms with Crippen molar-refractivity contribution in [2.75, 3.05) is 33.3 Å². The molecule has 0 aliphatic carbocycles. The number of nitrogens with zero attached hydrogens (tertiary/aromatic N) is 2. The van der Waals surface area contributed by atoms with Crippen LogP contribution in [0, 0.1) is 5.92 Å². The molecule has 0 atom stereocenters. The largest absolute Gasteiger partial charge is 0.493 e. The van der Waals surface area contributed by atoms with E-state index in [0.29, 0.717) is 54.9 Å². The number of piperazine rings is 1. The average molecular weight is 431 g/mol. The molecule has 0 N–H and O–H groups in total. The lowest BCUT2D eigenvalue weighted by Gasteiger charge is -2.35. The smallest absolute Gasteiger partial charge is 0.254 e. The van der Waals surface area contributed by atoms with E-state index in [-0.39, 0.29) is 17.7 Å². The molecule has 1 aliphatic heterocycles. The van der Waals surface area contributed by atoms with E-state index in [9.17, 15) is 9.59 Å². The molecule has 2 aromatic carbocycles. The van der Waals surface area contributed by atoms with Gasteiger partial charge < -0.3 is 19.3 Å². The number of benzene rings is 2. The number of ether oxygens (including phenoxy) is 2. The molecule has 0 saturated carbocycles. The summed E-state index contributed by atoms with van der Waals surface area (Å²) in [5.41, 5.74) is 1.40. The van der Waals surface area contributed by atoms with Gasteiger partial charge in [0.1, 0.15) is 6.61 Å². The van der Waals surface area contributed by atoms with E-state index in [1.165, 1.54) is 0 Å². The Labute approximate surface area is 182 Å². The first-order valence-electron chi connectivity index (χ1n) is 10.0. The van der Waals surface area contributed by atoms with Gasteiger partial charge >= 0.3 is 0 Å². The minimum atomic E-state index is -0.0809. The van der Waals surface area contributed by atoms with Crippen LogP contribution in [0.2, 0.25) is 5.02 Å². The second-order valence-electron chi connectivity index (χ2n) is 7.52. The van der Waals surface area contributed by atoms with E-state index in [1.807, 2.05) is 43.0 Å². The number of carbonyl (C=O) groups excluding carboxylic acids is 2. The first-order valence-corrected chi connectivity index (χ1v) is 10.4. The molecule has 0 unspecified atom stereocenters. The van der Waals surface area contributed by atoms with Gasteiger partial charge in [0.25, 0.3) is 5.91 Å². The van der Waals surface area contributed by atoms with Crippen LogP contribution in [-0.2, 0) is 11.4 Å². The highest BCUT2D eigenvalue weighted by atomic mass is 35.5. The number of hydrogen-bond donors (Lipinski definition) is 0. The number of rotatable bonds is 6. The fraction of sp³-hybridized carbons (Fsp3) is 0.391. The van der Waals surface area contributed by atoms with Crippen molar-refractivity contribution in [2.24, 2.45) is 5.92 Å². The van der Waals surface area contributed by atoms with Gasteiger partial charge in [-0.1, -0.05) is 43.6 Å². The first kappa shape index (κ1) is 22.0. The Kier molecular flexibility index (Phi) is 7.21. The van der Waals surface area contributed by atoms with Gasteiger partial charge in [-0.3, -0.25) is 9.59 Å². The lowest BCUT2D eigenvalue weighted by Crippen LogP contribution is -2.51. The predicted octanol–water partition coefficient (Wildman–Crippen LogP) is 3.87. The maximum Gasteiger partial charge on any atom is 0.254 e. The number of hydrogen-bond acceptors (Lipinski definition) is 4. The van der Waals surface area contributed by atoms with Crippen LogP contribution in [0.4, 0.5) is 0 Å². The Morgan fingerprint density at radius 2 is 1.67 bits per heavy atom. The van der Waals surface area contributed by atoms with Crippen molar-refractivity contribution in [3.8, 4) is 11.5 Å². The average Bonchev–Trinajstić information content (AvgIpc) is 2.77. The van der Waals surface area contributed by atoms with Crippen molar-refractivity contribution in [2.45, 2.75) is 20.5 Å². The number of halogens is 1. The first-order chi connectivity index (χ1) is 14.4. The predicted molar refractivity (Wildman–Crippen MR) is 116 cm³/mol. The van der Waals surface area contributed by atoms with E-state index < -0.39 is 0 Å². The van der Waals surface area contributed by atoms with E-state index in [4.69, 9.17) is 21.1 Å². The topological polar surface area (TPSA) is 59.1 Å². The highest BCUT2D eigenvalue weighted by Gasteiger charge is 2.26. The Morgan fingerprint density at radius 3 is 2.30 bits per heavy atom. The zero-order valence-corrected chi connectivity index (χ0v) is 18.3. The molecular formula is C23H27ClN2O4. The van der Waals surface area contributed by atoms with Crippen LogP contribution in [0.1, 0.15) is 29.8 Å². The minimum absolute atomic E-state index is 0.0326. The Morgan fingerprint density at radius 1 is 1.00 bits per heavy atom. The summed E-state index contributed by atoms with van der Waals surface area (Å²) in [4.78, 5) is 28.6. The highest BCUT2D eigenvalue weighted by Crippen LogP contribution is 2.30. The van der Waals surface area contributed by atoms with E-state index >= 15 is 0 Å². The summed E-state index contributed by atoms with van der Waals surface area (Å²) in [5, 5.41) is 0.637. The summed E-state index contributed by atoms with van der Waals surface area (Å²) in [7, 11) is 1.54. The Hall–Kier alpha value is -2.73. The molecule has 7 heteroatoms. The quantitative estimate of drug-likeness (QED) is 0.698. The molecule has 30 heavy (non-hydrogen) atoms. The number of amides is 2. The molecule has 1 aliphatic rings. The maximum absolute atomic E-state index is 12.9. The van der Waals surface area contributed by atoms with Crippen molar-refractivity contribution in [3.05, 3.63) is 58.6 Å². The van der Waals surface area contributed by atoms with Crippen LogP contribution in [0.5, 0.6) is 11.5 Å². The zero-order chi connectivity index (χ0) is 21.7. The van der Waals surface area contributed by atoms with Gasteiger partial charge in [0.2, 0.25) is 5.91 Å². The molecule has 0 bridgehead atoms. The van der Waals surface area contributed by atoms with Crippen LogP contribution in [0.15, 0.2) is 42.5 Å². The summed E-state index contributed by atoms with van der Waals surface area (Å²) in [6.07, 6.45) is 0. The Bertz CT molecular complexity index is 908. The van der Waals surface area contributed by atoms with Crippen LogP contribution < -0.4 is 9.47 Å². The molecule has 0 radical (unpaired) electrons. The molecule has 1 fully saturated rings. The summed E-state index contributed by atoms with van der Waals surface area (Å²) >= 11 is 6.18. The monoisotopic (exact) mass is 430 g/mol. The van der Waals surface area contributed by atoms with Gasteiger partial charge in [-0.2, -0.15) is 0 Å². The lowest BCUT2D eigenvalue weighted by molar-refractivity contribution is -0.135. The molecule has 0 spiro atoms. The zero-order valence-electron chi connectivity index (χ0n) is 17.6. The molecule has 0 aromatic heterocycles. The van der Waals surface area contributed by atoms with Gasteiger partial charge in [0.15, 0.2) is 11.5 Å². The van der Waals surface area contributed by atoms with E-state index in [2.05, 4.69) is 0 Å². The SMILES string of the molecule is COc1cc(C(=O)N2CCN(C(=O)C(C)C)CC2)ccc1OCc1ccccc1Cl. The minimum Gasteiger partial charge on any atom is -0.493 e. The highest BCUT2D eigenvalue weighted by molar-refractivity contribution is 6.31. The fourth-order valence-corrected chi connectivity index (χ4v) is 3.56. The van der Waals surface area contributed by atoms with Crippen molar-refractivity contribution in [1.29, 1.82) is 0 Å². The molecule has 2 aromatic rings. The van der Waals surface area contributed by atoms with Crippen LogP contribution in [-0.4, -0.2) is 54.9 Å². The fourth-order valence-electron chi connectivity index (χ4n) is 3.37. The van der Waals surface area contributed by atoms with Crippen LogP contribution in [0.3, 0.4) is 0 Å². The van der Waals surface area contributed by atoms with Crippen molar-refractivity contribution < 1.29 is 19.1 Å². The summed E-state index contributed by atoms with van der Waals surface area (Å²) in [6, 6.07) is 12.6. The molecule has 3 rings (SSSR count). The van der Waals surface area contributed by atoms with Crippen LogP contribution >= 0.6 is 11.6 Å². The molecule has 1 heterocycles. The van der Waals surface area contributed by atoms with Gasteiger partial charge in [0.05, 0.1) is 7.11 Å².